The third kappa shape index (κ3) is 10.1. The fraction of sp³-hybridized carbons (Fsp3) is 0.321. The lowest BCUT2D eigenvalue weighted by Gasteiger charge is -2.06. The van der Waals surface area contributed by atoms with Crippen LogP contribution in [-0.4, -0.2) is 30.4 Å². The molecule has 0 saturated heterocycles. The third-order valence-corrected chi connectivity index (χ3v) is 4.94. The number of carbonyl (C=O) groups is 4. The van der Waals surface area contributed by atoms with Crippen molar-refractivity contribution in [3.63, 3.8) is 0 Å². The zero-order chi connectivity index (χ0) is 24.6. The Bertz CT molecular complexity index is 963. The molecule has 0 unspecified atom stereocenters. The molecule has 0 spiro atoms. The molecule has 0 saturated carbocycles. The molecule has 0 fully saturated rings. The molecular formula is C28H31O5. The Morgan fingerprint density at radius 2 is 1.18 bits per heavy atom. The Morgan fingerprint density at radius 3 is 1.58 bits per heavy atom. The maximum absolute atomic E-state index is 12.2. The molecule has 2 aromatic rings. The number of ketones is 3. The van der Waals surface area contributed by atoms with Gasteiger partial charge in [0.15, 0.2) is 11.6 Å². The summed E-state index contributed by atoms with van der Waals surface area (Å²) in [4.78, 5) is 46.6. The Hall–Kier alpha value is -3.52. The number of ether oxygens (including phenoxy) is 1. The van der Waals surface area contributed by atoms with E-state index < -0.39 is 0 Å². The Morgan fingerprint density at radius 1 is 0.758 bits per heavy atom. The predicted molar refractivity (Wildman–Crippen MR) is 129 cm³/mol. The number of rotatable bonds is 12. The van der Waals surface area contributed by atoms with Gasteiger partial charge in [0.1, 0.15) is 0 Å². The van der Waals surface area contributed by atoms with E-state index in [9.17, 15) is 19.2 Å². The SMILES string of the molecule is C#CC(=O)CCCC(=O)c1ccc(Cc2ccc(C(=O)CCCC(=O)OC)cc2)cc1.[CH2]C. The minimum Gasteiger partial charge on any atom is -0.469 e. The molecule has 0 aliphatic heterocycles. The van der Waals surface area contributed by atoms with Gasteiger partial charge in [0.25, 0.3) is 0 Å². The van der Waals surface area contributed by atoms with Gasteiger partial charge in [-0.05, 0) is 36.3 Å². The van der Waals surface area contributed by atoms with Gasteiger partial charge in [0, 0.05) is 36.8 Å². The average Bonchev–Trinajstić information content (AvgIpc) is 2.85. The van der Waals surface area contributed by atoms with E-state index in [-0.39, 0.29) is 36.2 Å². The topological polar surface area (TPSA) is 77.5 Å². The van der Waals surface area contributed by atoms with Crippen LogP contribution in [0.25, 0.3) is 0 Å². The van der Waals surface area contributed by atoms with Crippen molar-refractivity contribution in [2.24, 2.45) is 0 Å². The van der Waals surface area contributed by atoms with Crippen LogP contribution in [-0.2, 0) is 20.7 Å². The Labute approximate surface area is 196 Å². The Balaban J connectivity index is 0.00000265. The monoisotopic (exact) mass is 447 g/mol. The van der Waals surface area contributed by atoms with Gasteiger partial charge in [-0.15, -0.1) is 6.42 Å². The molecule has 173 valence electrons. The lowest BCUT2D eigenvalue weighted by Crippen LogP contribution is -2.04. The van der Waals surface area contributed by atoms with Gasteiger partial charge in [-0.25, -0.2) is 0 Å². The highest BCUT2D eigenvalue weighted by molar-refractivity contribution is 5.98. The molecule has 1 radical (unpaired) electrons. The van der Waals surface area contributed by atoms with Gasteiger partial charge in [-0.1, -0.05) is 62.4 Å². The lowest BCUT2D eigenvalue weighted by atomic mass is 9.98. The summed E-state index contributed by atoms with van der Waals surface area (Å²) < 4.78 is 4.57. The number of Topliss-reactive ketones (excluding diaryl/α,β-unsaturated/α-hetero) is 3. The molecule has 2 aromatic carbocycles. The summed E-state index contributed by atoms with van der Waals surface area (Å²) in [5.41, 5.74) is 3.34. The standard InChI is InChI=1S/C26H26O5.C2H5/c1-3-23(27)6-4-7-24(28)21-14-10-19(11-15-21)18-20-12-16-22(17-13-20)25(29)8-5-9-26(30)31-2;1-2/h1,10-17H,4-9,18H2,2H3;1H2,2H3. The van der Waals surface area contributed by atoms with Gasteiger partial charge < -0.3 is 4.74 Å². The van der Waals surface area contributed by atoms with Crippen LogP contribution in [0.15, 0.2) is 48.5 Å². The first kappa shape index (κ1) is 27.5. The van der Waals surface area contributed by atoms with E-state index in [1.807, 2.05) is 30.2 Å². The molecule has 0 aliphatic carbocycles. The second-order valence-corrected chi connectivity index (χ2v) is 7.27. The smallest absolute Gasteiger partial charge is 0.305 e. The number of hydrogen-bond acceptors (Lipinski definition) is 5. The van der Waals surface area contributed by atoms with Crippen molar-refractivity contribution in [3.05, 3.63) is 77.7 Å². The first-order valence-corrected chi connectivity index (χ1v) is 10.9. The molecule has 0 aromatic heterocycles. The van der Waals surface area contributed by atoms with E-state index in [0.29, 0.717) is 43.2 Å². The van der Waals surface area contributed by atoms with Crippen LogP contribution in [0.5, 0.6) is 0 Å². The van der Waals surface area contributed by atoms with Crippen molar-refractivity contribution in [2.45, 2.75) is 51.9 Å². The number of hydrogen-bond donors (Lipinski definition) is 0. The summed E-state index contributed by atoms with van der Waals surface area (Å²) in [7, 11) is 1.33. The minimum atomic E-state index is -0.310. The highest BCUT2D eigenvalue weighted by atomic mass is 16.5. The molecule has 5 heteroatoms. The van der Waals surface area contributed by atoms with Gasteiger partial charge in [0.2, 0.25) is 5.78 Å². The molecule has 0 amide bonds. The lowest BCUT2D eigenvalue weighted by molar-refractivity contribution is -0.140. The average molecular weight is 448 g/mol. The molecule has 2 rings (SSSR count). The number of carbonyl (C=O) groups excluding carboxylic acids is 4. The summed E-state index contributed by atoms with van der Waals surface area (Å²) in [6, 6.07) is 14.8. The van der Waals surface area contributed by atoms with Gasteiger partial charge in [-0.3, -0.25) is 19.2 Å². The molecular weight excluding hydrogens is 416 g/mol. The van der Waals surface area contributed by atoms with E-state index in [2.05, 4.69) is 11.7 Å². The van der Waals surface area contributed by atoms with E-state index in [1.54, 1.807) is 31.2 Å². The van der Waals surface area contributed by atoms with Gasteiger partial charge in [0.05, 0.1) is 7.11 Å². The van der Waals surface area contributed by atoms with E-state index in [0.717, 1.165) is 11.1 Å². The zero-order valence-corrected chi connectivity index (χ0v) is 19.4. The van der Waals surface area contributed by atoms with Crippen LogP contribution < -0.4 is 0 Å². The van der Waals surface area contributed by atoms with E-state index >= 15 is 0 Å². The molecule has 0 atom stereocenters. The fourth-order valence-electron chi connectivity index (χ4n) is 3.12. The normalized spacial score (nSPS) is 9.76. The predicted octanol–water partition coefficient (Wildman–Crippen LogP) is 5.20. The van der Waals surface area contributed by atoms with Crippen molar-refractivity contribution in [1.82, 2.24) is 0 Å². The Kier molecular flexibility index (Phi) is 12.8. The molecule has 0 bridgehead atoms. The molecule has 0 aliphatic rings. The fourth-order valence-corrected chi connectivity index (χ4v) is 3.12. The van der Waals surface area contributed by atoms with Gasteiger partial charge in [-0.2, -0.15) is 0 Å². The van der Waals surface area contributed by atoms with Crippen molar-refractivity contribution >= 4 is 23.3 Å². The largest absolute Gasteiger partial charge is 0.469 e. The summed E-state index contributed by atoms with van der Waals surface area (Å²) >= 11 is 0. The molecule has 33 heavy (non-hydrogen) atoms. The van der Waals surface area contributed by atoms with Crippen LogP contribution >= 0.6 is 0 Å². The maximum atomic E-state index is 12.2. The van der Waals surface area contributed by atoms with E-state index in [4.69, 9.17) is 6.42 Å². The van der Waals surface area contributed by atoms with Crippen molar-refractivity contribution in [3.8, 4) is 12.3 Å². The highest BCUT2D eigenvalue weighted by Gasteiger charge is 2.09. The van der Waals surface area contributed by atoms with Crippen LogP contribution in [0.1, 0.15) is 77.3 Å². The summed E-state index contributed by atoms with van der Waals surface area (Å²) in [5, 5.41) is 0. The molecule has 0 N–H and O–H groups in total. The maximum Gasteiger partial charge on any atom is 0.305 e. The second kappa shape index (κ2) is 15.3. The first-order chi connectivity index (χ1) is 15.9. The summed E-state index contributed by atoms with van der Waals surface area (Å²) in [5.74, 6) is 1.45. The molecule has 0 heterocycles. The van der Waals surface area contributed by atoms with Crippen molar-refractivity contribution < 1.29 is 23.9 Å². The number of methoxy groups -OCH3 is 1. The second-order valence-electron chi connectivity index (χ2n) is 7.27. The van der Waals surface area contributed by atoms with Crippen LogP contribution in [0, 0.1) is 19.3 Å². The third-order valence-electron chi connectivity index (χ3n) is 4.94. The number of benzene rings is 2. The quantitative estimate of drug-likeness (QED) is 0.193. The van der Waals surface area contributed by atoms with Gasteiger partial charge >= 0.3 is 5.97 Å². The summed E-state index contributed by atoms with van der Waals surface area (Å²) in [6.07, 6.45) is 7.69. The van der Waals surface area contributed by atoms with Crippen LogP contribution in [0.3, 0.4) is 0 Å². The zero-order valence-electron chi connectivity index (χ0n) is 19.4. The van der Waals surface area contributed by atoms with Crippen molar-refractivity contribution in [1.29, 1.82) is 0 Å². The molecule has 5 nitrogen and oxygen atoms in total. The number of terminal acetylenes is 1. The minimum absolute atomic E-state index is 0.00209. The summed E-state index contributed by atoms with van der Waals surface area (Å²) in [6.45, 7) is 5.00. The van der Waals surface area contributed by atoms with Crippen molar-refractivity contribution in [2.75, 3.05) is 7.11 Å². The van der Waals surface area contributed by atoms with E-state index in [1.165, 1.54) is 7.11 Å². The van der Waals surface area contributed by atoms with Crippen LogP contribution in [0.4, 0.5) is 0 Å². The first-order valence-electron chi connectivity index (χ1n) is 10.9. The number of esters is 1. The van der Waals surface area contributed by atoms with Crippen LogP contribution in [0.2, 0.25) is 0 Å². The highest BCUT2D eigenvalue weighted by Crippen LogP contribution is 2.15.